The second kappa shape index (κ2) is 12.2. The SMILES string of the molecule is CCOc1cc(C2/C(=C(\O)c3ccc4c(c3)CC(C)O4)C(=O)C(=O)N2c2nc(C)c(C(C)=O)s2)ccc1OCc1ccccc1. The van der Waals surface area contributed by atoms with Gasteiger partial charge in [-0.3, -0.25) is 19.3 Å². The molecule has 1 aromatic heterocycles. The molecule has 3 aromatic carbocycles. The Morgan fingerprint density at radius 3 is 2.56 bits per heavy atom. The summed E-state index contributed by atoms with van der Waals surface area (Å²) in [4.78, 5) is 45.9. The van der Waals surface area contributed by atoms with Crippen LogP contribution in [0.15, 0.2) is 72.3 Å². The van der Waals surface area contributed by atoms with E-state index in [4.69, 9.17) is 14.2 Å². The van der Waals surface area contributed by atoms with Gasteiger partial charge in [-0.2, -0.15) is 0 Å². The molecule has 10 heteroatoms. The Morgan fingerprint density at radius 1 is 1.07 bits per heavy atom. The van der Waals surface area contributed by atoms with E-state index in [2.05, 4.69) is 4.98 Å². The highest BCUT2D eigenvalue weighted by Crippen LogP contribution is 2.46. The summed E-state index contributed by atoms with van der Waals surface area (Å²) < 4.78 is 17.9. The van der Waals surface area contributed by atoms with Crippen molar-refractivity contribution in [2.75, 3.05) is 11.5 Å². The van der Waals surface area contributed by atoms with Crippen LogP contribution in [-0.2, 0) is 22.6 Å². The molecule has 2 aliphatic heterocycles. The van der Waals surface area contributed by atoms with Gasteiger partial charge < -0.3 is 19.3 Å². The van der Waals surface area contributed by atoms with E-state index in [-0.39, 0.29) is 28.4 Å². The first-order valence-corrected chi connectivity index (χ1v) is 15.5. The Bertz CT molecular complexity index is 1850. The minimum Gasteiger partial charge on any atom is -0.507 e. The largest absolute Gasteiger partial charge is 0.507 e. The predicted octanol–water partition coefficient (Wildman–Crippen LogP) is 6.58. The molecule has 0 radical (unpaired) electrons. The maximum Gasteiger partial charge on any atom is 0.301 e. The zero-order valence-corrected chi connectivity index (χ0v) is 26.1. The normalized spacial score (nSPS) is 18.5. The number of nitrogens with zero attached hydrogens (tertiary/aromatic N) is 2. The van der Waals surface area contributed by atoms with Gasteiger partial charge in [0.1, 0.15) is 24.2 Å². The fraction of sp³-hybridized carbons (Fsp3) is 0.257. The Labute approximate surface area is 264 Å². The Hall–Kier alpha value is -4.96. The molecule has 4 aromatic rings. The second-order valence-electron chi connectivity index (χ2n) is 11.0. The molecule has 1 N–H and O–H groups in total. The first-order chi connectivity index (χ1) is 21.7. The summed E-state index contributed by atoms with van der Waals surface area (Å²) >= 11 is 1.03. The van der Waals surface area contributed by atoms with E-state index in [1.54, 1.807) is 43.3 Å². The number of amides is 1. The quantitative estimate of drug-likeness (QED) is 0.0961. The van der Waals surface area contributed by atoms with E-state index in [9.17, 15) is 19.5 Å². The zero-order valence-electron chi connectivity index (χ0n) is 25.3. The topological polar surface area (TPSA) is 115 Å². The summed E-state index contributed by atoms with van der Waals surface area (Å²) in [5, 5.41) is 11.9. The number of ketones is 2. The third-order valence-corrected chi connectivity index (χ3v) is 9.00. The summed E-state index contributed by atoms with van der Waals surface area (Å²) in [6, 6.07) is 19.0. The number of hydrogen-bond acceptors (Lipinski definition) is 9. The number of ether oxygens (including phenoxy) is 3. The number of thiazole rings is 1. The van der Waals surface area contributed by atoms with Crippen LogP contribution in [0.5, 0.6) is 17.2 Å². The van der Waals surface area contributed by atoms with Gasteiger partial charge in [-0.1, -0.05) is 47.7 Å². The number of anilines is 1. The van der Waals surface area contributed by atoms with Crippen molar-refractivity contribution in [1.82, 2.24) is 4.98 Å². The summed E-state index contributed by atoms with van der Waals surface area (Å²) in [6.07, 6.45) is 0.647. The van der Waals surface area contributed by atoms with E-state index in [0.717, 1.165) is 28.2 Å². The number of aliphatic hydroxyl groups is 1. The van der Waals surface area contributed by atoms with Crippen molar-refractivity contribution in [3.63, 3.8) is 0 Å². The predicted molar refractivity (Wildman–Crippen MR) is 170 cm³/mol. The lowest BCUT2D eigenvalue weighted by Gasteiger charge is -2.24. The Kier molecular flexibility index (Phi) is 8.16. The lowest BCUT2D eigenvalue weighted by Crippen LogP contribution is -2.29. The molecule has 9 nitrogen and oxygen atoms in total. The standard InChI is InChI=1S/C35H32N2O7S/c1-5-42-28-17-23(11-14-27(28)43-18-22-9-7-6-8-10-22)30-29(31(39)24-12-13-26-25(16-24)15-19(2)44-26)32(40)34(41)37(30)35-36-20(3)33(45-35)21(4)38/h6-14,16-17,19,30,39H,5,15,18H2,1-4H3/b31-29+. The van der Waals surface area contributed by atoms with E-state index in [1.807, 2.05) is 44.2 Å². The van der Waals surface area contributed by atoms with Gasteiger partial charge in [0.2, 0.25) is 0 Å². The molecule has 2 unspecified atom stereocenters. The molecule has 0 saturated carbocycles. The molecule has 1 amide bonds. The highest BCUT2D eigenvalue weighted by Gasteiger charge is 2.48. The van der Waals surface area contributed by atoms with Crippen LogP contribution in [0.25, 0.3) is 5.76 Å². The Balaban J connectivity index is 1.48. The summed E-state index contributed by atoms with van der Waals surface area (Å²) in [6.45, 7) is 7.57. The summed E-state index contributed by atoms with van der Waals surface area (Å²) in [5.41, 5.74) is 3.13. The molecule has 6 rings (SSSR count). The van der Waals surface area contributed by atoms with Crippen LogP contribution in [-0.4, -0.2) is 40.3 Å². The summed E-state index contributed by atoms with van der Waals surface area (Å²) in [5.74, 6) is -0.604. The molecule has 45 heavy (non-hydrogen) atoms. The van der Waals surface area contributed by atoms with Crippen LogP contribution < -0.4 is 19.1 Å². The lowest BCUT2D eigenvalue weighted by atomic mass is 9.94. The van der Waals surface area contributed by atoms with Crippen molar-refractivity contribution in [2.45, 2.75) is 52.9 Å². The highest BCUT2D eigenvalue weighted by atomic mass is 32.1. The first kappa shape index (κ1) is 30.1. The second-order valence-corrected chi connectivity index (χ2v) is 12.0. The molecular formula is C35H32N2O7S. The van der Waals surface area contributed by atoms with E-state index < -0.39 is 17.7 Å². The molecule has 1 fully saturated rings. The van der Waals surface area contributed by atoms with Gasteiger partial charge in [-0.05, 0) is 67.8 Å². The molecule has 0 spiro atoms. The fourth-order valence-electron chi connectivity index (χ4n) is 5.70. The molecular weight excluding hydrogens is 592 g/mol. The zero-order chi connectivity index (χ0) is 31.8. The molecule has 2 aliphatic rings. The molecule has 230 valence electrons. The van der Waals surface area contributed by atoms with Gasteiger partial charge in [0, 0.05) is 18.9 Å². The third kappa shape index (κ3) is 5.69. The van der Waals surface area contributed by atoms with Gasteiger partial charge in [0.15, 0.2) is 22.4 Å². The molecule has 0 aliphatic carbocycles. The number of benzene rings is 3. The number of aliphatic hydroxyl groups excluding tert-OH is 1. The fourth-order valence-corrected chi connectivity index (χ4v) is 6.69. The highest BCUT2D eigenvalue weighted by molar-refractivity contribution is 7.18. The van der Waals surface area contributed by atoms with E-state index >= 15 is 0 Å². The van der Waals surface area contributed by atoms with Crippen LogP contribution in [0.1, 0.15) is 64.4 Å². The summed E-state index contributed by atoms with van der Waals surface area (Å²) in [7, 11) is 0. The van der Waals surface area contributed by atoms with Crippen molar-refractivity contribution in [2.24, 2.45) is 0 Å². The number of Topliss-reactive ketones (excluding diaryl/α,β-unsaturated/α-hetero) is 2. The van der Waals surface area contributed by atoms with Crippen molar-refractivity contribution < 1.29 is 33.7 Å². The third-order valence-electron chi connectivity index (χ3n) is 7.75. The van der Waals surface area contributed by atoms with Crippen LogP contribution in [0.3, 0.4) is 0 Å². The Morgan fingerprint density at radius 2 is 1.84 bits per heavy atom. The van der Waals surface area contributed by atoms with Crippen LogP contribution in [0.2, 0.25) is 0 Å². The molecule has 1 saturated heterocycles. The average Bonchev–Trinajstić information content (AvgIpc) is 3.68. The maximum absolute atomic E-state index is 13.8. The number of fused-ring (bicyclic) bond motifs is 1. The molecule has 3 heterocycles. The lowest BCUT2D eigenvalue weighted by molar-refractivity contribution is -0.132. The van der Waals surface area contributed by atoms with Crippen molar-refractivity contribution >= 4 is 39.7 Å². The first-order valence-electron chi connectivity index (χ1n) is 14.7. The van der Waals surface area contributed by atoms with Gasteiger partial charge in [0.05, 0.1) is 28.8 Å². The molecule has 0 bridgehead atoms. The van der Waals surface area contributed by atoms with Gasteiger partial charge >= 0.3 is 5.91 Å². The van der Waals surface area contributed by atoms with Gasteiger partial charge in [0.25, 0.3) is 5.78 Å². The van der Waals surface area contributed by atoms with Crippen molar-refractivity contribution in [1.29, 1.82) is 0 Å². The van der Waals surface area contributed by atoms with E-state index in [1.165, 1.54) is 11.8 Å². The van der Waals surface area contributed by atoms with Crippen LogP contribution >= 0.6 is 11.3 Å². The van der Waals surface area contributed by atoms with Crippen LogP contribution in [0, 0.1) is 6.92 Å². The number of carbonyl (C=O) groups excluding carboxylic acids is 3. The minimum atomic E-state index is -1.05. The number of aryl methyl sites for hydroxylation is 1. The number of hydrogen-bond donors (Lipinski definition) is 1. The molecule has 2 atom stereocenters. The monoisotopic (exact) mass is 624 g/mol. The average molecular weight is 625 g/mol. The van der Waals surface area contributed by atoms with Gasteiger partial charge in [-0.15, -0.1) is 0 Å². The van der Waals surface area contributed by atoms with E-state index in [0.29, 0.717) is 52.8 Å². The number of aromatic nitrogens is 1. The number of carbonyl (C=O) groups is 3. The minimum absolute atomic E-state index is 0.00815. The number of rotatable bonds is 9. The van der Waals surface area contributed by atoms with Crippen LogP contribution in [0.4, 0.5) is 5.13 Å². The van der Waals surface area contributed by atoms with Crippen molar-refractivity contribution in [3.8, 4) is 17.2 Å². The van der Waals surface area contributed by atoms with Crippen molar-refractivity contribution in [3.05, 3.63) is 105 Å². The smallest absolute Gasteiger partial charge is 0.301 e. The van der Waals surface area contributed by atoms with Gasteiger partial charge in [-0.25, -0.2) is 4.98 Å². The maximum atomic E-state index is 13.8.